The van der Waals surface area contributed by atoms with Crippen LogP contribution < -0.4 is 5.32 Å². The molecule has 0 aliphatic heterocycles. The molecule has 2 atom stereocenters. The molecule has 0 bridgehead atoms. The minimum atomic E-state index is -0.572. The number of rotatable bonds is 8. The Morgan fingerprint density at radius 2 is 2.11 bits per heavy atom. The number of nitrogens with one attached hydrogen (secondary N) is 1. The molecule has 1 aromatic rings. The van der Waals surface area contributed by atoms with Gasteiger partial charge in [0.25, 0.3) is 0 Å². The molecule has 0 radical (unpaired) electrons. The molecule has 1 aromatic heterocycles. The third-order valence-corrected chi connectivity index (χ3v) is 2.81. The summed E-state index contributed by atoms with van der Waals surface area (Å²) in [5, 5.41) is 13.4. The van der Waals surface area contributed by atoms with E-state index in [1.807, 2.05) is 0 Å². The summed E-state index contributed by atoms with van der Waals surface area (Å²) in [6, 6.07) is 3.99. The van der Waals surface area contributed by atoms with Gasteiger partial charge >= 0.3 is 0 Å². The van der Waals surface area contributed by atoms with Gasteiger partial charge in [0.05, 0.1) is 6.26 Å². The summed E-state index contributed by atoms with van der Waals surface area (Å²) in [5.41, 5.74) is 0. The number of hydrogen-bond acceptors (Lipinski definition) is 4. The molecule has 0 saturated carbocycles. The van der Waals surface area contributed by atoms with E-state index in [4.69, 9.17) is 4.42 Å². The predicted octanol–water partition coefficient (Wildman–Crippen LogP) is 1.88. The molecule has 104 valence electrons. The summed E-state index contributed by atoms with van der Waals surface area (Å²) in [6.45, 7) is 5.93. The average Bonchev–Trinajstić information content (AvgIpc) is 2.77. The van der Waals surface area contributed by atoms with Crippen molar-refractivity contribution in [2.45, 2.75) is 32.4 Å². The number of aliphatic hydroxyl groups is 1. The molecule has 0 spiro atoms. The summed E-state index contributed by atoms with van der Waals surface area (Å²) in [5.74, 6) is 1.26. The van der Waals surface area contributed by atoms with Gasteiger partial charge in [-0.2, -0.15) is 0 Å². The van der Waals surface area contributed by atoms with Crippen LogP contribution in [0, 0.1) is 5.92 Å². The van der Waals surface area contributed by atoms with Gasteiger partial charge in [0, 0.05) is 19.1 Å². The minimum Gasteiger partial charge on any atom is -0.467 e. The smallest absolute Gasteiger partial charge is 0.133 e. The summed E-state index contributed by atoms with van der Waals surface area (Å²) < 4.78 is 5.19. The van der Waals surface area contributed by atoms with Crippen LogP contribution in [0.4, 0.5) is 0 Å². The van der Waals surface area contributed by atoms with Crippen molar-refractivity contribution in [3.63, 3.8) is 0 Å². The lowest BCUT2D eigenvalue weighted by Gasteiger charge is -2.25. The van der Waals surface area contributed by atoms with E-state index in [1.54, 1.807) is 18.4 Å². The second-order valence-corrected chi connectivity index (χ2v) is 5.53. The predicted molar refractivity (Wildman–Crippen MR) is 73.5 cm³/mol. The van der Waals surface area contributed by atoms with Crippen molar-refractivity contribution in [3.8, 4) is 0 Å². The second kappa shape index (κ2) is 7.56. The van der Waals surface area contributed by atoms with E-state index in [0.717, 1.165) is 13.0 Å². The highest BCUT2D eigenvalue weighted by Crippen LogP contribution is 2.13. The Morgan fingerprint density at radius 3 is 2.61 bits per heavy atom. The molecular formula is C14H26N2O2. The molecule has 0 fully saturated rings. The van der Waals surface area contributed by atoms with Crippen LogP contribution in [0.2, 0.25) is 0 Å². The lowest BCUT2D eigenvalue weighted by Crippen LogP contribution is -2.41. The Kier molecular flexibility index (Phi) is 6.39. The van der Waals surface area contributed by atoms with Crippen molar-refractivity contribution in [1.29, 1.82) is 0 Å². The molecular weight excluding hydrogens is 228 g/mol. The maximum atomic E-state index is 9.96. The van der Waals surface area contributed by atoms with Crippen LogP contribution in [0.1, 0.15) is 32.1 Å². The highest BCUT2D eigenvalue weighted by atomic mass is 16.4. The first kappa shape index (κ1) is 15.2. The average molecular weight is 254 g/mol. The number of likely N-dealkylation sites (N-methyl/N-ethyl adjacent to an activating group) is 1. The highest BCUT2D eigenvalue weighted by Gasteiger charge is 2.15. The molecule has 0 amide bonds. The lowest BCUT2D eigenvalue weighted by atomic mass is 10.0. The largest absolute Gasteiger partial charge is 0.467 e. The van der Waals surface area contributed by atoms with E-state index >= 15 is 0 Å². The Bertz CT molecular complexity index is 300. The number of aliphatic hydroxyl groups excluding tert-OH is 1. The van der Waals surface area contributed by atoms with Crippen molar-refractivity contribution in [3.05, 3.63) is 24.2 Å². The Labute approximate surface area is 110 Å². The fraction of sp³-hybridized carbons (Fsp3) is 0.714. The van der Waals surface area contributed by atoms with E-state index < -0.39 is 6.10 Å². The Balaban J connectivity index is 2.40. The molecule has 0 aliphatic rings. The fourth-order valence-corrected chi connectivity index (χ4v) is 2.09. The first-order valence-corrected chi connectivity index (χ1v) is 6.58. The third kappa shape index (κ3) is 5.67. The van der Waals surface area contributed by atoms with E-state index in [0.29, 0.717) is 24.3 Å². The summed E-state index contributed by atoms with van der Waals surface area (Å²) in [7, 11) is 4.13. The molecule has 0 aromatic carbocycles. The monoisotopic (exact) mass is 254 g/mol. The summed E-state index contributed by atoms with van der Waals surface area (Å²) in [4.78, 5) is 2.17. The van der Waals surface area contributed by atoms with Crippen molar-refractivity contribution in [2.24, 2.45) is 5.92 Å². The molecule has 2 unspecified atom stereocenters. The van der Waals surface area contributed by atoms with Gasteiger partial charge < -0.3 is 19.7 Å². The standard InChI is InChI=1S/C14H26N2O2/c1-11(2)8-12(10-16(3)4)15-9-13(17)14-6-5-7-18-14/h5-7,11-13,15,17H,8-10H2,1-4H3. The van der Waals surface area contributed by atoms with E-state index in [9.17, 15) is 5.11 Å². The van der Waals surface area contributed by atoms with Gasteiger partial charge in [-0.3, -0.25) is 0 Å². The normalized spacial score (nSPS) is 15.3. The zero-order valence-electron chi connectivity index (χ0n) is 11.9. The number of furan rings is 1. The third-order valence-electron chi connectivity index (χ3n) is 2.81. The zero-order chi connectivity index (χ0) is 13.5. The molecule has 1 rings (SSSR count). The lowest BCUT2D eigenvalue weighted by molar-refractivity contribution is 0.139. The number of nitrogens with zero attached hydrogens (tertiary/aromatic N) is 1. The number of hydrogen-bond donors (Lipinski definition) is 2. The quantitative estimate of drug-likeness (QED) is 0.743. The van der Waals surface area contributed by atoms with Crippen molar-refractivity contribution >= 4 is 0 Å². The maximum Gasteiger partial charge on any atom is 0.133 e. The van der Waals surface area contributed by atoms with Gasteiger partial charge in [-0.1, -0.05) is 13.8 Å². The summed E-state index contributed by atoms with van der Waals surface area (Å²) >= 11 is 0. The van der Waals surface area contributed by atoms with Gasteiger partial charge in [0.15, 0.2) is 0 Å². The minimum absolute atomic E-state index is 0.393. The van der Waals surface area contributed by atoms with Crippen LogP contribution in [0.5, 0.6) is 0 Å². The van der Waals surface area contributed by atoms with Gasteiger partial charge in [0.1, 0.15) is 11.9 Å². The van der Waals surface area contributed by atoms with E-state index in [2.05, 4.69) is 38.2 Å². The van der Waals surface area contributed by atoms with Crippen LogP contribution in [0.15, 0.2) is 22.8 Å². The van der Waals surface area contributed by atoms with Crippen LogP contribution in [-0.4, -0.2) is 43.2 Å². The molecule has 0 saturated heterocycles. The molecule has 0 aliphatic carbocycles. The fourth-order valence-electron chi connectivity index (χ4n) is 2.09. The Morgan fingerprint density at radius 1 is 1.39 bits per heavy atom. The molecule has 4 heteroatoms. The van der Waals surface area contributed by atoms with Crippen LogP contribution in [0.25, 0.3) is 0 Å². The zero-order valence-corrected chi connectivity index (χ0v) is 11.9. The van der Waals surface area contributed by atoms with Crippen molar-refractivity contribution < 1.29 is 9.52 Å². The first-order chi connectivity index (χ1) is 8.49. The van der Waals surface area contributed by atoms with Crippen molar-refractivity contribution in [1.82, 2.24) is 10.2 Å². The molecule has 2 N–H and O–H groups in total. The highest BCUT2D eigenvalue weighted by molar-refractivity contribution is 5.02. The van der Waals surface area contributed by atoms with Crippen LogP contribution in [-0.2, 0) is 0 Å². The van der Waals surface area contributed by atoms with Gasteiger partial charge in [-0.05, 0) is 38.6 Å². The topological polar surface area (TPSA) is 48.6 Å². The van der Waals surface area contributed by atoms with Crippen LogP contribution in [0.3, 0.4) is 0 Å². The summed E-state index contributed by atoms with van der Waals surface area (Å²) in [6.07, 6.45) is 2.12. The van der Waals surface area contributed by atoms with Crippen molar-refractivity contribution in [2.75, 3.05) is 27.2 Å². The first-order valence-electron chi connectivity index (χ1n) is 6.58. The maximum absolute atomic E-state index is 9.96. The van der Waals surface area contributed by atoms with Gasteiger partial charge in [-0.15, -0.1) is 0 Å². The molecule has 1 heterocycles. The van der Waals surface area contributed by atoms with Gasteiger partial charge in [0.2, 0.25) is 0 Å². The molecule has 18 heavy (non-hydrogen) atoms. The SMILES string of the molecule is CC(C)CC(CN(C)C)NCC(O)c1ccco1. The van der Waals surface area contributed by atoms with Gasteiger partial charge in [-0.25, -0.2) is 0 Å². The van der Waals surface area contributed by atoms with Crippen LogP contribution >= 0.6 is 0 Å². The second-order valence-electron chi connectivity index (χ2n) is 5.53. The van der Waals surface area contributed by atoms with E-state index in [-0.39, 0.29) is 0 Å². The molecule has 4 nitrogen and oxygen atoms in total. The Hall–Kier alpha value is -0.840. The van der Waals surface area contributed by atoms with E-state index in [1.165, 1.54) is 0 Å².